The van der Waals surface area contributed by atoms with E-state index in [-0.39, 0.29) is 23.1 Å². The second-order valence-electron chi connectivity index (χ2n) is 4.81. The third-order valence-electron chi connectivity index (χ3n) is 3.29. The summed E-state index contributed by atoms with van der Waals surface area (Å²) in [5.74, 6) is -0.218. The van der Waals surface area contributed by atoms with Crippen LogP contribution in [0, 0.1) is 5.92 Å². The highest BCUT2D eigenvalue weighted by molar-refractivity contribution is 7.19. The Morgan fingerprint density at radius 2 is 2.15 bits per heavy atom. The minimum atomic E-state index is -0.489. The lowest BCUT2D eigenvalue weighted by Gasteiger charge is -2.06. The second kappa shape index (κ2) is 5.70. The van der Waals surface area contributed by atoms with Gasteiger partial charge in [-0.1, -0.05) is 6.92 Å². The van der Waals surface area contributed by atoms with Crippen molar-refractivity contribution in [1.82, 2.24) is 5.32 Å². The van der Waals surface area contributed by atoms with Crippen LogP contribution in [0.15, 0.2) is 0 Å². The van der Waals surface area contributed by atoms with Crippen LogP contribution >= 0.6 is 11.3 Å². The molecule has 110 valence electrons. The average Bonchev–Trinajstić information content (AvgIpc) is 2.99. The molecule has 1 fully saturated rings. The smallest absolute Gasteiger partial charge is 0.350 e. The highest BCUT2D eigenvalue weighted by Gasteiger charge is 2.35. The number of thiophene rings is 1. The molecule has 20 heavy (non-hydrogen) atoms. The number of ether oxygens (including phenoxy) is 1. The summed E-state index contributed by atoms with van der Waals surface area (Å²) in [6, 6.07) is 0.339. The molecule has 6 nitrogen and oxygen atoms in total. The minimum absolute atomic E-state index is 0.184. The molecule has 0 aromatic carbocycles. The van der Waals surface area contributed by atoms with E-state index in [1.165, 1.54) is 18.4 Å². The van der Waals surface area contributed by atoms with E-state index in [1.807, 2.05) is 0 Å². The molecule has 0 spiro atoms. The second-order valence-corrected chi connectivity index (χ2v) is 5.83. The van der Waals surface area contributed by atoms with E-state index < -0.39 is 5.97 Å². The third-order valence-corrected chi connectivity index (χ3v) is 4.40. The van der Waals surface area contributed by atoms with Crippen LogP contribution in [0.2, 0.25) is 0 Å². The normalized spacial score (nSPS) is 20.4. The maximum atomic E-state index is 12.0. The number of anilines is 2. The molecule has 1 aromatic heterocycles. The van der Waals surface area contributed by atoms with E-state index >= 15 is 0 Å². The Morgan fingerprint density at radius 3 is 2.65 bits per heavy atom. The van der Waals surface area contributed by atoms with Crippen LogP contribution in [-0.2, 0) is 4.74 Å². The molecule has 1 aliphatic carbocycles. The molecule has 0 radical (unpaired) electrons. The Bertz CT molecular complexity index is 541. The Hall–Kier alpha value is -1.76. The molecule has 1 aliphatic rings. The molecule has 0 saturated heterocycles. The lowest BCUT2D eigenvalue weighted by Crippen LogP contribution is -2.20. The molecule has 0 bridgehead atoms. The van der Waals surface area contributed by atoms with E-state index in [0.29, 0.717) is 22.5 Å². The van der Waals surface area contributed by atoms with Gasteiger partial charge in [-0.25, -0.2) is 4.79 Å². The molecule has 1 saturated carbocycles. The topological polar surface area (TPSA) is 93.4 Å². The van der Waals surface area contributed by atoms with Crippen LogP contribution < -0.4 is 16.4 Å². The summed E-state index contributed by atoms with van der Waals surface area (Å²) in [5.41, 5.74) is 6.47. The standard InChI is InChI=1S/C13H19N3O3S/c1-4-19-13(18)10-9(14)8(11(17)15-3)12(20-10)16-7-5-6(7)2/h6-7,16H,4-5,14H2,1-3H3,(H,15,17). The van der Waals surface area contributed by atoms with Crippen LogP contribution in [0.3, 0.4) is 0 Å². The van der Waals surface area contributed by atoms with Crippen molar-refractivity contribution in [1.29, 1.82) is 0 Å². The van der Waals surface area contributed by atoms with E-state index in [1.54, 1.807) is 6.92 Å². The fourth-order valence-electron chi connectivity index (χ4n) is 1.94. The zero-order valence-corrected chi connectivity index (χ0v) is 12.6. The number of carbonyl (C=O) groups is 2. The number of nitrogens with one attached hydrogen (secondary N) is 2. The summed E-state index contributed by atoms with van der Waals surface area (Å²) < 4.78 is 4.96. The van der Waals surface area contributed by atoms with E-state index in [4.69, 9.17) is 10.5 Å². The Morgan fingerprint density at radius 1 is 1.50 bits per heavy atom. The summed E-state index contributed by atoms with van der Waals surface area (Å²) in [7, 11) is 1.53. The Kier molecular flexibility index (Phi) is 4.17. The number of rotatable bonds is 5. The first kappa shape index (κ1) is 14.6. The fourth-order valence-corrected chi connectivity index (χ4v) is 3.01. The average molecular weight is 297 g/mol. The largest absolute Gasteiger partial charge is 0.462 e. The molecular weight excluding hydrogens is 278 g/mol. The quantitative estimate of drug-likeness (QED) is 0.719. The molecule has 0 aliphatic heterocycles. The Labute approximate surface area is 121 Å². The molecule has 7 heteroatoms. The van der Waals surface area contributed by atoms with Gasteiger partial charge in [0, 0.05) is 13.1 Å². The van der Waals surface area contributed by atoms with Crippen molar-refractivity contribution in [2.75, 3.05) is 24.7 Å². The molecule has 2 atom stereocenters. The van der Waals surface area contributed by atoms with Gasteiger partial charge in [0.1, 0.15) is 9.88 Å². The van der Waals surface area contributed by atoms with Gasteiger partial charge < -0.3 is 21.1 Å². The maximum absolute atomic E-state index is 12.0. The number of esters is 1. The lowest BCUT2D eigenvalue weighted by atomic mass is 10.2. The zero-order valence-electron chi connectivity index (χ0n) is 11.8. The number of hydrogen-bond donors (Lipinski definition) is 3. The number of nitrogens with two attached hydrogens (primary N) is 1. The number of nitrogen functional groups attached to an aromatic ring is 1. The molecule has 1 aromatic rings. The molecule has 2 unspecified atom stereocenters. The number of carbonyl (C=O) groups excluding carboxylic acids is 2. The van der Waals surface area contributed by atoms with Crippen LogP contribution in [0.5, 0.6) is 0 Å². The lowest BCUT2D eigenvalue weighted by molar-refractivity contribution is 0.0533. The SMILES string of the molecule is CCOC(=O)c1sc(NC2CC2C)c(C(=O)NC)c1N. The predicted octanol–water partition coefficient (Wildman–Crippen LogP) is 1.69. The summed E-state index contributed by atoms with van der Waals surface area (Å²) in [4.78, 5) is 24.1. The van der Waals surface area contributed by atoms with Crippen molar-refractivity contribution in [3.8, 4) is 0 Å². The van der Waals surface area contributed by atoms with Crippen molar-refractivity contribution in [3.05, 3.63) is 10.4 Å². The van der Waals surface area contributed by atoms with Gasteiger partial charge in [0.2, 0.25) is 0 Å². The highest BCUT2D eigenvalue weighted by Crippen LogP contribution is 2.41. The van der Waals surface area contributed by atoms with Gasteiger partial charge in [-0.15, -0.1) is 11.3 Å². The first-order valence-electron chi connectivity index (χ1n) is 6.57. The van der Waals surface area contributed by atoms with Crippen molar-refractivity contribution < 1.29 is 14.3 Å². The van der Waals surface area contributed by atoms with Crippen LogP contribution in [-0.4, -0.2) is 31.6 Å². The zero-order chi connectivity index (χ0) is 14.9. The molecule has 1 amide bonds. The van der Waals surface area contributed by atoms with E-state index in [2.05, 4.69) is 17.6 Å². The van der Waals surface area contributed by atoms with Crippen LogP contribution in [0.4, 0.5) is 10.7 Å². The van der Waals surface area contributed by atoms with Gasteiger partial charge in [-0.3, -0.25) is 4.79 Å². The predicted molar refractivity (Wildman–Crippen MR) is 79.3 cm³/mol. The fraction of sp³-hybridized carbons (Fsp3) is 0.538. The van der Waals surface area contributed by atoms with E-state index in [0.717, 1.165) is 6.42 Å². The van der Waals surface area contributed by atoms with Crippen molar-refractivity contribution >= 4 is 33.9 Å². The summed E-state index contributed by atoms with van der Waals surface area (Å²) in [6.45, 7) is 4.13. The van der Waals surface area contributed by atoms with Crippen LogP contribution in [0.25, 0.3) is 0 Å². The first-order chi connectivity index (χ1) is 9.49. The molecule has 4 N–H and O–H groups in total. The molecule has 2 rings (SSSR count). The van der Waals surface area contributed by atoms with E-state index in [9.17, 15) is 9.59 Å². The van der Waals surface area contributed by atoms with Gasteiger partial charge in [-0.2, -0.15) is 0 Å². The highest BCUT2D eigenvalue weighted by atomic mass is 32.1. The van der Waals surface area contributed by atoms with Crippen molar-refractivity contribution in [2.45, 2.75) is 26.3 Å². The summed E-state index contributed by atoms with van der Waals surface area (Å²) >= 11 is 1.18. The maximum Gasteiger partial charge on any atom is 0.350 e. The monoisotopic (exact) mass is 297 g/mol. The minimum Gasteiger partial charge on any atom is -0.462 e. The van der Waals surface area contributed by atoms with Crippen LogP contribution in [0.1, 0.15) is 40.3 Å². The van der Waals surface area contributed by atoms with Gasteiger partial charge in [0.25, 0.3) is 5.91 Å². The first-order valence-corrected chi connectivity index (χ1v) is 7.39. The van der Waals surface area contributed by atoms with Crippen molar-refractivity contribution in [2.24, 2.45) is 5.92 Å². The summed E-state index contributed by atoms with van der Waals surface area (Å²) in [5, 5.41) is 6.46. The van der Waals surface area contributed by atoms with Gasteiger partial charge >= 0.3 is 5.97 Å². The van der Waals surface area contributed by atoms with Crippen molar-refractivity contribution in [3.63, 3.8) is 0 Å². The molecular formula is C13H19N3O3S. The third kappa shape index (κ3) is 2.72. The number of hydrogen-bond acceptors (Lipinski definition) is 6. The van der Waals surface area contributed by atoms with Gasteiger partial charge in [0.15, 0.2) is 0 Å². The van der Waals surface area contributed by atoms with Gasteiger partial charge in [-0.05, 0) is 19.3 Å². The summed E-state index contributed by atoms with van der Waals surface area (Å²) in [6.07, 6.45) is 1.06. The van der Waals surface area contributed by atoms with Gasteiger partial charge in [0.05, 0.1) is 17.9 Å². The Balaban J connectivity index is 2.35. The molecule has 1 heterocycles. The number of amides is 1.